The molecule has 2 aliphatic heterocycles. The van der Waals surface area contributed by atoms with Gasteiger partial charge >= 0.3 is 0 Å². The highest BCUT2D eigenvalue weighted by Crippen LogP contribution is 2.35. The molecule has 2 saturated heterocycles. The first-order chi connectivity index (χ1) is 9.90. The maximum atomic E-state index is 6.37. The molecule has 0 bridgehead atoms. The normalized spacial score (nSPS) is 33.7. The van der Waals surface area contributed by atoms with Crippen LogP contribution in [0.5, 0.6) is 0 Å². The minimum absolute atomic E-state index is 0.267. The number of fused-ring (bicyclic) bond motifs is 1. The molecule has 0 aromatic carbocycles. The Bertz CT molecular complexity index is 473. The van der Waals surface area contributed by atoms with E-state index in [4.69, 9.17) is 9.47 Å². The number of hydrogen-bond donors (Lipinski definition) is 0. The maximum absolute atomic E-state index is 6.37. The summed E-state index contributed by atoms with van der Waals surface area (Å²) in [6.07, 6.45) is 9.11. The second-order valence-corrected chi connectivity index (χ2v) is 6.16. The van der Waals surface area contributed by atoms with Crippen LogP contribution in [0.1, 0.15) is 36.5 Å². The van der Waals surface area contributed by atoms with Gasteiger partial charge in [0.05, 0.1) is 18.8 Å². The lowest BCUT2D eigenvalue weighted by Gasteiger charge is -2.23. The van der Waals surface area contributed by atoms with Crippen LogP contribution in [-0.4, -0.2) is 48.3 Å². The Balaban J connectivity index is 1.37. The summed E-state index contributed by atoms with van der Waals surface area (Å²) in [5.41, 5.74) is 2.74. The van der Waals surface area contributed by atoms with Crippen LogP contribution in [0, 0.1) is 0 Å². The van der Waals surface area contributed by atoms with Crippen molar-refractivity contribution in [3.63, 3.8) is 0 Å². The third kappa shape index (κ3) is 2.36. The number of aryl methyl sites for hydroxylation is 1. The predicted octanol–water partition coefficient (Wildman–Crippen LogP) is 1.95. The third-order valence-electron chi connectivity index (χ3n) is 4.92. The average molecular weight is 274 g/mol. The molecule has 4 rings (SSSR count). The Hall–Kier alpha value is -0.970. The van der Waals surface area contributed by atoms with Gasteiger partial charge in [0.15, 0.2) is 0 Å². The fourth-order valence-corrected chi connectivity index (χ4v) is 3.78. The molecule has 0 N–H and O–H groups in total. The van der Waals surface area contributed by atoms with Gasteiger partial charge in [-0.1, -0.05) is 0 Å². The molecule has 0 radical (unpaired) electrons. The van der Waals surface area contributed by atoms with E-state index in [9.17, 15) is 0 Å². The highest BCUT2D eigenvalue weighted by molar-refractivity contribution is 5.30. The van der Waals surface area contributed by atoms with Crippen molar-refractivity contribution < 1.29 is 9.47 Å². The zero-order chi connectivity index (χ0) is 13.4. The molecular weight excluding hydrogens is 252 g/mol. The van der Waals surface area contributed by atoms with Gasteiger partial charge in [0, 0.05) is 43.7 Å². The van der Waals surface area contributed by atoms with Gasteiger partial charge in [-0.15, -0.1) is 0 Å². The first-order valence-electron chi connectivity index (χ1n) is 7.80. The van der Waals surface area contributed by atoms with Crippen molar-refractivity contribution in [3.8, 4) is 0 Å². The first-order valence-corrected chi connectivity index (χ1v) is 7.80. The van der Waals surface area contributed by atoms with Crippen molar-refractivity contribution in [2.75, 3.05) is 26.3 Å². The van der Waals surface area contributed by atoms with E-state index in [2.05, 4.69) is 16.0 Å². The molecule has 0 amide bonds. The van der Waals surface area contributed by atoms with Crippen LogP contribution in [0.15, 0.2) is 18.5 Å². The zero-order valence-electron chi connectivity index (χ0n) is 11.8. The standard InChI is InChI=1S/C16H22N2O2/c1-2-16(15-9-17-6-3-12(1)15)20-14-4-7-18(10-14)13-5-8-19-11-13/h3,6,9,13-14,16H,1-2,4-5,7-8,10-11H2/t13?,14-,16?/m1/s1. The third-order valence-corrected chi connectivity index (χ3v) is 4.92. The highest BCUT2D eigenvalue weighted by Gasteiger charge is 2.33. The van der Waals surface area contributed by atoms with E-state index in [0.29, 0.717) is 12.1 Å². The molecule has 0 spiro atoms. The topological polar surface area (TPSA) is 34.6 Å². The number of aromatic nitrogens is 1. The summed E-state index contributed by atoms with van der Waals surface area (Å²) in [5.74, 6) is 0. The van der Waals surface area contributed by atoms with E-state index in [1.807, 2.05) is 12.4 Å². The summed E-state index contributed by atoms with van der Waals surface area (Å²) in [6, 6.07) is 2.76. The van der Waals surface area contributed by atoms with Gasteiger partial charge in [-0.05, 0) is 37.3 Å². The molecule has 3 aliphatic rings. The van der Waals surface area contributed by atoms with Gasteiger partial charge in [0.2, 0.25) is 0 Å². The number of hydrogen-bond acceptors (Lipinski definition) is 4. The summed E-state index contributed by atoms with van der Waals surface area (Å²) in [5, 5.41) is 0. The van der Waals surface area contributed by atoms with Crippen LogP contribution in [0.25, 0.3) is 0 Å². The number of likely N-dealkylation sites (tertiary alicyclic amines) is 1. The van der Waals surface area contributed by atoms with E-state index >= 15 is 0 Å². The van der Waals surface area contributed by atoms with Crippen molar-refractivity contribution >= 4 is 0 Å². The van der Waals surface area contributed by atoms with Crippen LogP contribution >= 0.6 is 0 Å². The van der Waals surface area contributed by atoms with Crippen molar-refractivity contribution in [2.45, 2.75) is 43.9 Å². The van der Waals surface area contributed by atoms with Crippen LogP contribution in [0.3, 0.4) is 0 Å². The summed E-state index contributed by atoms with van der Waals surface area (Å²) in [4.78, 5) is 6.80. The Morgan fingerprint density at radius 1 is 1.30 bits per heavy atom. The number of nitrogens with zero attached hydrogens (tertiary/aromatic N) is 2. The summed E-state index contributed by atoms with van der Waals surface area (Å²) in [7, 11) is 0. The maximum Gasteiger partial charge on any atom is 0.0850 e. The fraction of sp³-hybridized carbons (Fsp3) is 0.688. The van der Waals surface area contributed by atoms with Gasteiger partial charge in [-0.25, -0.2) is 0 Å². The van der Waals surface area contributed by atoms with Crippen LogP contribution < -0.4 is 0 Å². The Morgan fingerprint density at radius 3 is 3.20 bits per heavy atom. The number of pyridine rings is 1. The Morgan fingerprint density at radius 2 is 2.30 bits per heavy atom. The van der Waals surface area contributed by atoms with Gasteiger partial charge in [-0.3, -0.25) is 9.88 Å². The van der Waals surface area contributed by atoms with Crippen molar-refractivity contribution in [1.29, 1.82) is 0 Å². The SMILES string of the molecule is c1cc2c(cn1)C(O[C@@H]1CCN(C3CCOC3)C1)CC2. The molecule has 0 saturated carbocycles. The molecule has 1 aromatic heterocycles. The van der Waals surface area contributed by atoms with Crippen molar-refractivity contribution in [3.05, 3.63) is 29.6 Å². The number of ether oxygens (including phenoxy) is 2. The molecule has 1 aromatic rings. The molecule has 20 heavy (non-hydrogen) atoms. The Labute approximate surface area is 120 Å². The largest absolute Gasteiger partial charge is 0.380 e. The summed E-state index contributed by atoms with van der Waals surface area (Å²) in [6.45, 7) is 4.06. The van der Waals surface area contributed by atoms with Gasteiger partial charge in [0.1, 0.15) is 0 Å². The molecule has 2 unspecified atom stereocenters. The minimum Gasteiger partial charge on any atom is -0.380 e. The second kappa shape index (κ2) is 5.43. The van der Waals surface area contributed by atoms with Gasteiger partial charge in [0.25, 0.3) is 0 Å². The van der Waals surface area contributed by atoms with Crippen molar-refractivity contribution in [1.82, 2.24) is 9.88 Å². The molecule has 4 heteroatoms. The molecule has 108 valence electrons. The molecular formula is C16H22N2O2. The average Bonchev–Trinajstić information content (AvgIpc) is 3.19. The lowest BCUT2D eigenvalue weighted by atomic mass is 10.2. The van der Waals surface area contributed by atoms with E-state index in [0.717, 1.165) is 45.6 Å². The highest BCUT2D eigenvalue weighted by atomic mass is 16.5. The van der Waals surface area contributed by atoms with Crippen LogP contribution in [0.2, 0.25) is 0 Å². The van der Waals surface area contributed by atoms with Gasteiger partial charge in [-0.2, -0.15) is 0 Å². The Kier molecular flexibility index (Phi) is 3.46. The lowest BCUT2D eigenvalue weighted by Crippen LogP contribution is -2.34. The first kappa shape index (κ1) is 12.7. The quantitative estimate of drug-likeness (QED) is 0.844. The van der Waals surface area contributed by atoms with Crippen molar-refractivity contribution in [2.24, 2.45) is 0 Å². The second-order valence-electron chi connectivity index (χ2n) is 6.16. The van der Waals surface area contributed by atoms with E-state index in [1.54, 1.807) is 0 Å². The summed E-state index contributed by atoms with van der Waals surface area (Å²) >= 11 is 0. The van der Waals surface area contributed by atoms with Crippen LogP contribution in [0.4, 0.5) is 0 Å². The molecule has 1 aliphatic carbocycles. The smallest absolute Gasteiger partial charge is 0.0850 e. The minimum atomic E-state index is 0.267. The molecule has 4 nitrogen and oxygen atoms in total. The van der Waals surface area contributed by atoms with E-state index in [-0.39, 0.29) is 6.10 Å². The monoisotopic (exact) mass is 274 g/mol. The predicted molar refractivity (Wildman–Crippen MR) is 75.6 cm³/mol. The fourth-order valence-electron chi connectivity index (χ4n) is 3.78. The van der Waals surface area contributed by atoms with Gasteiger partial charge < -0.3 is 9.47 Å². The molecule has 2 fully saturated rings. The summed E-state index contributed by atoms with van der Waals surface area (Å²) < 4.78 is 11.9. The van der Waals surface area contributed by atoms with Crippen LogP contribution in [-0.2, 0) is 15.9 Å². The molecule has 3 heterocycles. The van der Waals surface area contributed by atoms with E-state index in [1.165, 1.54) is 17.5 Å². The molecule has 3 atom stereocenters. The van der Waals surface area contributed by atoms with E-state index < -0.39 is 0 Å². The number of rotatable bonds is 3. The zero-order valence-corrected chi connectivity index (χ0v) is 11.8. The lowest BCUT2D eigenvalue weighted by molar-refractivity contribution is -0.00884.